The summed E-state index contributed by atoms with van der Waals surface area (Å²) in [5.41, 5.74) is 1.42. The SMILES string of the molecule is CCc1cnc(-c2cc(OC[C@H]3CN(C)CCO3)cc(C(=O)NC(C)c3cnc(C(F)(F)F)nc3)c2)s1. The number of ether oxygens (including phenoxy) is 2. The Balaban J connectivity index is 1.53. The first-order chi connectivity index (χ1) is 17.6. The lowest BCUT2D eigenvalue weighted by Crippen LogP contribution is -2.42. The van der Waals surface area contributed by atoms with E-state index in [-0.39, 0.29) is 6.10 Å². The standard InChI is InChI=1S/C25H28F3N5O3S/c1-4-21-12-29-23(37-21)17-7-16(8-19(9-17)36-14-20-13-33(3)5-6-35-20)22(34)32-15(2)18-10-30-24(31-11-18)25(26,27)28/h7-12,15,20H,4-6,13-14H2,1-3H3,(H,32,34)/t15?,20-/m1/s1. The topological polar surface area (TPSA) is 89.5 Å². The summed E-state index contributed by atoms with van der Waals surface area (Å²) in [6, 6.07) is 4.58. The number of morpholine rings is 1. The summed E-state index contributed by atoms with van der Waals surface area (Å²) in [6.45, 7) is 6.25. The summed E-state index contributed by atoms with van der Waals surface area (Å²) < 4.78 is 50.1. The van der Waals surface area contributed by atoms with E-state index in [9.17, 15) is 18.0 Å². The van der Waals surface area contributed by atoms with Crippen LogP contribution in [0.15, 0.2) is 36.8 Å². The molecule has 1 aliphatic rings. The average Bonchev–Trinajstić information content (AvgIpc) is 3.36. The fourth-order valence-electron chi connectivity index (χ4n) is 3.77. The van der Waals surface area contributed by atoms with Crippen LogP contribution in [0.5, 0.6) is 5.75 Å². The second-order valence-corrected chi connectivity index (χ2v) is 9.95. The van der Waals surface area contributed by atoms with Gasteiger partial charge in [-0.2, -0.15) is 13.2 Å². The van der Waals surface area contributed by atoms with E-state index in [4.69, 9.17) is 9.47 Å². The Bertz CT molecular complexity index is 1220. The highest BCUT2D eigenvalue weighted by molar-refractivity contribution is 7.15. The Labute approximate surface area is 216 Å². The first-order valence-corrected chi connectivity index (χ1v) is 12.7. The summed E-state index contributed by atoms with van der Waals surface area (Å²) >= 11 is 1.54. The molecule has 0 aliphatic carbocycles. The molecule has 1 aliphatic heterocycles. The van der Waals surface area contributed by atoms with E-state index in [0.29, 0.717) is 30.1 Å². The van der Waals surface area contributed by atoms with Crippen molar-refractivity contribution in [1.29, 1.82) is 0 Å². The molecule has 2 aromatic heterocycles. The number of amides is 1. The van der Waals surface area contributed by atoms with Crippen molar-refractivity contribution in [3.63, 3.8) is 0 Å². The highest BCUT2D eigenvalue weighted by atomic mass is 32.1. The van der Waals surface area contributed by atoms with Crippen LogP contribution in [-0.4, -0.2) is 65.2 Å². The molecule has 12 heteroatoms. The number of carbonyl (C=O) groups is 1. The van der Waals surface area contributed by atoms with Crippen LogP contribution in [0.3, 0.4) is 0 Å². The monoisotopic (exact) mass is 535 g/mol. The Hall–Kier alpha value is -3.09. The molecule has 0 saturated carbocycles. The van der Waals surface area contributed by atoms with Crippen molar-refractivity contribution < 1.29 is 27.4 Å². The number of aryl methyl sites for hydroxylation is 1. The van der Waals surface area contributed by atoms with Crippen molar-refractivity contribution >= 4 is 17.2 Å². The average molecular weight is 536 g/mol. The van der Waals surface area contributed by atoms with E-state index in [0.717, 1.165) is 47.4 Å². The first-order valence-electron chi connectivity index (χ1n) is 11.9. The Morgan fingerprint density at radius 2 is 2.00 bits per heavy atom. The predicted molar refractivity (Wildman–Crippen MR) is 133 cm³/mol. The van der Waals surface area contributed by atoms with Gasteiger partial charge in [-0.25, -0.2) is 15.0 Å². The predicted octanol–water partition coefficient (Wildman–Crippen LogP) is 4.38. The largest absolute Gasteiger partial charge is 0.491 e. The van der Waals surface area contributed by atoms with Crippen LogP contribution in [0.1, 0.15) is 46.5 Å². The van der Waals surface area contributed by atoms with Gasteiger partial charge in [-0.3, -0.25) is 4.79 Å². The molecule has 0 bridgehead atoms. The Morgan fingerprint density at radius 1 is 1.24 bits per heavy atom. The maximum atomic E-state index is 13.2. The molecule has 2 atom stereocenters. The molecule has 0 radical (unpaired) electrons. The summed E-state index contributed by atoms with van der Waals surface area (Å²) in [5, 5.41) is 3.56. The molecule has 1 amide bonds. The van der Waals surface area contributed by atoms with Gasteiger partial charge in [0, 0.05) is 53.2 Å². The number of hydrogen-bond donors (Lipinski definition) is 1. The second kappa shape index (κ2) is 11.5. The minimum Gasteiger partial charge on any atom is -0.491 e. The number of rotatable bonds is 8. The van der Waals surface area contributed by atoms with Crippen LogP contribution in [0.4, 0.5) is 13.2 Å². The quantitative estimate of drug-likeness (QED) is 0.458. The van der Waals surface area contributed by atoms with Gasteiger partial charge in [-0.05, 0) is 38.6 Å². The van der Waals surface area contributed by atoms with Crippen LogP contribution >= 0.6 is 11.3 Å². The third-order valence-corrected chi connectivity index (χ3v) is 7.06. The number of nitrogens with one attached hydrogen (secondary N) is 1. The van der Waals surface area contributed by atoms with Crippen molar-refractivity contribution in [2.75, 3.05) is 33.4 Å². The molecule has 8 nitrogen and oxygen atoms in total. The zero-order valence-electron chi connectivity index (χ0n) is 20.7. The van der Waals surface area contributed by atoms with E-state index in [1.807, 2.05) is 26.2 Å². The minimum atomic E-state index is -4.63. The number of likely N-dealkylation sites (N-methyl/N-ethyl adjacent to an activating group) is 1. The molecule has 37 heavy (non-hydrogen) atoms. The highest BCUT2D eigenvalue weighted by Crippen LogP contribution is 2.31. The molecular weight excluding hydrogens is 507 g/mol. The lowest BCUT2D eigenvalue weighted by atomic mass is 10.1. The van der Waals surface area contributed by atoms with E-state index in [2.05, 4.69) is 25.2 Å². The molecule has 1 fully saturated rings. The fourth-order valence-corrected chi connectivity index (χ4v) is 4.61. The van der Waals surface area contributed by atoms with E-state index in [1.165, 1.54) is 11.3 Å². The molecule has 1 N–H and O–H groups in total. The number of hydrogen-bond acceptors (Lipinski definition) is 8. The van der Waals surface area contributed by atoms with Gasteiger partial charge in [-0.15, -0.1) is 11.3 Å². The second-order valence-electron chi connectivity index (χ2n) is 8.83. The van der Waals surface area contributed by atoms with Gasteiger partial charge in [0.15, 0.2) is 0 Å². The Morgan fingerprint density at radius 3 is 2.65 bits per heavy atom. The van der Waals surface area contributed by atoms with Crippen LogP contribution in [0.25, 0.3) is 10.6 Å². The van der Waals surface area contributed by atoms with Crippen LogP contribution in [0.2, 0.25) is 0 Å². The fraction of sp³-hybridized carbons (Fsp3) is 0.440. The van der Waals surface area contributed by atoms with Crippen molar-refractivity contribution in [2.24, 2.45) is 0 Å². The van der Waals surface area contributed by atoms with Gasteiger partial charge in [0.05, 0.1) is 12.6 Å². The molecule has 198 valence electrons. The molecular formula is C25H28F3N5O3S. The minimum absolute atomic E-state index is 0.0917. The number of halogens is 3. The number of thiazole rings is 1. The first kappa shape index (κ1) is 27.0. The smallest absolute Gasteiger partial charge is 0.451 e. The summed E-state index contributed by atoms with van der Waals surface area (Å²) in [5.74, 6) is -1.15. The zero-order valence-corrected chi connectivity index (χ0v) is 21.5. The van der Waals surface area contributed by atoms with Crippen LogP contribution in [0, 0.1) is 0 Å². The lowest BCUT2D eigenvalue weighted by molar-refractivity contribution is -0.145. The lowest BCUT2D eigenvalue weighted by Gasteiger charge is -2.29. The van der Waals surface area contributed by atoms with E-state index >= 15 is 0 Å². The van der Waals surface area contributed by atoms with Gasteiger partial charge < -0.3 is 19.7 Å². The van der Waals surface area contributed by atoms with Gasteiger partial charge in [0.2, 0.25) is 5.82 Å². The summed E-state index contributed by atoms with van der Waals surface area (Å²) in [7, 11) is 2.02. The molecule has 1 aromatic carbocycles. The van der Waals surface area contributed by atoms with Gasteiger partial charge in [0.1, 0.15) is 23.5 Å². The maximum absolute atomic E-state index is 13.2. The highest BCUT2D eigenvalue weighted by Gasteiger charge is 2.34. The van der Waals surface area contributed by atoms with Crippen LogP contribution < -0.4 is 10.1 Å². The van der Waals surface area contributed by atoms with Crippen molar-refractivity contribution in [3.8, 4) is 16.3 Å². The van der Waals surface area contributed by atoms with Crippen LogP contribution in [-0.2, 0) is 17.3 Å². The molecule has 3 aromatic rings. The molecule has 4 rings (SSSR count). The molecule has 1 unspecified atom stereocenters. The number of alkyl halides is 3. The van der Waals surface area contributed by atoms with E-state index < -0.39 is 23.9 Å². The number of benzene rings is 1. The molecule has 3 heterocycles. The number of aromatic nitrogens is 3. The normalized spacial score (nSPS) is 17.4. The number of carbonyl (C=O) groups excluding carboxylic acids is 1. The summed E-state index contributed by atoms with van der Waals surface area (Å²) in [4.78, 5) is 27.7. The molecule has 0 spiro atoms. The van der Waals surface area contributed by atoms with Gasteiger partial charge >= 0.3 is 6.18 Å². The maximum Gasteiger partial charge on any atom is 0.451 e. The van der Waals surface area contributed by atoms with Crippen molar-refractivity contribution in [1.82, 2.24) is 25.2 Å². The zero-order chi connectivity index (χ0) is 26.6. The summed E-state index contributed by atoms with van der Waals surface area (Å²) in [6.07, 6.45) is 0.0641. The van der Waals surface area contributed by atoms with E-state index in [1.54, 1.807) is 19.1 Å². The third kappa shape index (κ3) is 7.02. The van der Waals surface area contributed by atoms with Gasteiger partial charge in [0.25, 0.3) is 5.91 Å². The van der Waals surface area contributed by atoms with Gasteiger partial charge in [-0.1, -0.05) is 6.92 Å². The Kier molecular flexibility index (Phi) is 8.40. The number of nitrogens with zero attached hydrogens (tertiary/aromatic N) is 4. The third-order valence-electron chi connectivity index (χ3n) is 5.87. The van der Waals surface area contributed by atoms with Crippen molar-refractivity contribution in [3.05, 3.63) is 58.6 Å². The van der Waals surface area contributed by atoms with Crippen molar-refractivity contribution in [2.45, 2.75) is 38.6 Å². The molecule has 1 saturated heterocycles.